The van der Waals surface area contributed by atoms with Gasteiger partial charge in [-0.1, -0.05) is 66.2 Å². The molecule has 0 aliphatic carbocycles. The summed E-state index contributed by atoms with van der Waals surface area (Å²) in [6.07, 6.45) is 4.10. The number of pyridine rings is 1. The predicted molar refractivity (Wildman–Crippen MR) is 109 cm³/mol. The van der Waals surface area contributed by atoms with Crippen LogP contribution in [0, 0.1) is 6.92 Å². The standard InChI is InChI=1S/C23H23N3O/c1-18-7-9-19(10-8-18)15-24-23-12-11-21-13-14-26(16-22(21)25-23)27-17-20-5-3-2-4-6-20/h2-13,16H,14-15,17H2,1H3,(H,24,25). The Balaban J connectivity index is 1.43. The number of nitrogens with one attached hydrogen (secondary N) is 1. The first-order chi connectivity index (χ1) is 13.3. The van der Waals surface area contributed by atoms with E-state index in [4.69, 9.17) is 9.82 Å². The van der Waals surface area contributed by atoms with Gasteiger partial charge in [0.15, 0.2) is 0 Å². The van der Waals surface area contributed by atoms with Crippen LogP contribution >= 0.6 is 0 Å². The fourth-order valence-corrected chi connectivity index (χ4v) is 2.96. The maximum Gasteiger partial charge on any atom is 0.126 e. The molecule has 136 valence electrons. The van der Waals surface area contributed by atoms with E-state index in [0.29, 0.717) is 6.61 Å². The van der Waals surface area contributed by atoms with Crippen molar-refractivity contribution in [2.24, 2.45) is 0 Å². The second kappa shape index (κ2) is 8.06. The van der Waals surface area contributed by atoms with Crippen LogP contribution in [0.1, 0.15) is 16.7 Å². The minimum atomic E-state index is 0.547. The lowest BCUT2D eigenvalue weighted by Crippen LogP contribution is -2.37. The van der Waals surface area contributed by atoms with Gasteiger partial charge in [0.1, 0.15) is 5.82 Å². The molecule has 0 saturated heterocycles. The molecule has 3 aromatic rings. The van der Waals surface area contributed by atoms with Crippen molar-refractivity contribution in [3.05, 3.63) is 94.0 Å². The number of fused-ring (bicyclic) bond motifs is 1. The monoisotopic (exact) mass is 357 g/mol. The smallest absolute Gasteiger partial charge is 0.126 e. The van der Waals surface area contributed by atoms with Crippen molar-refractivity contribution in [3.8, 4) is 0 Å². The number of hydrogen-bond acceptors (Lipinski definition) is 4. The van der Waals surface area contributed by atoms with Gasteiger partial charge in [0.2, 0.25) is 0 Å². The normalized spacial score (nSPS) is 12.7. The predicted octanol–water partition coefficient (Wildman–Crippen LogP) is 2.97. The van der Waals surface area contributed by atoms with Crippen LogP contribution < -0.4 is 15.9 Å². The van der Waals surface area contributed by atoms with Crippen molar-refractivity contribution in [1.29, 1.82) is 0 Å². The fraction of sp³-hybridized carbons (Fsp3) is 0.174. The second-order valence-corrected chi connectivity index (χ2v) is 6.70. The van der Waals surface area contributed by atoms with Crippen LogP contribution in [-0.2, 0) is 18.0 Å². The van der Waals surface area contributed by atoms with Gasteiger partial charge in [-0.25, -0.2) is 4.98 Å². The molecular weight excluding hydrogens is 334 g/mol. The highest BCUT2D eigenvalue weighted by Crippen LogP contribution is 2.07. The summed E-state index contributed by atoms with van der Waals surface area (Å²) in [5.74, 6) is 0.865. The molecule has 0 saturated carbocycles. The largest absolute Gasteiger partial charge is 0.366 e. The van der Waals surface area contributed by atoms with Gasteiger partial charge in [0.05, 0.1) is 24.7 Å². The molecule has 0 unspecified atom stereocenters. The van der Waals surface area contributed by atoms with E-state index in [9.17, 15) is 0 Å². The highest BCUT2D eigenvalue weighted by molar-refractivity contribution is 5.42. The minimum Gasteiger partial charge on any atom is -0.366 e. The van der Waals surface area contributed by atoms with Crippen LogP contribution in [0.15, 0.2) is 66.7 Å². The molecule has 0 fully saturated rings. The van der Waals surface area contributed by atoms with Gasteiger partial charge in [-0.05, 0) is 35.4 Å². The van der Waals surface area contributed by atoms with Crippen molar-refractivity contribution in [2.45, 2.75) is 20.1 Å². The van der Waals surface area contributed by atoms with Gasteiger partial charge < -0.3 is 5.32 Å². The van der Waals surface area contributed by atoms with Crippen molar-refractivity contribution >= 4 is 18.1 Å². The van der Waals surface area contributed by atoms with E-state index in [1.807, 2.05) is 35.5 Å². The van der Waals surface area contributed by atoms with Crippen LogP contribution in [0.4, 0.5) is 5.82 Å². The lowest BCUT2D eigenvalue weighted by molar-refractivity contribution is -0.106. The molecule has 2 aromatic carbocycles. The SMILES string of the molecule is Cc1ccc(CNc2ccc3c(n2)=CN(OCc2ccccc2)CC=3)cc1. The van der Waals surface area contributed by atoms with E-state index in [-0.39, 0.29) is 0 Å². The zero-order chi connectivity index (χ0) is 18.5. The maximum absolute atomic E-state index is 5.89. The third-order valence-corrected chi connectivity index (χ3v) is 4.55. The lowest BCUT2D eigenvalue weighted by atomic mass is 10.1. The molecule has 0 spiro atoms. The zero-order valence-corrected chi connectivity index (χ0v) is 15.4. The summed E-state index contributed by atoms with van der Waals surface area (Å²) < 4.78 is 0. The molecule has 4 rings (SSSR count). The van der Waals surface area contributed by atoms with Crippen molar-refractivity contribution in [1.82, 2.24) is 10.0 Å². The first-order valence-electron chi connectivity index (χ1n) is 9.18. The Morgan fingerprint density at radius 1 is 0.963 bits per heavy atom. The molecule has 27 heavy (non-hydrogen) atoms. The molecule has 4 nitrogen and oxygen atoms in total. The fourth-order valence-electron chi connectivity index (χ4n) is 2.96. The molecule has 4 heteroatoms. The maximum atomic E-state index is 5.89. The van der Waals surface area contributed by atoms with Gasteiger partial charge in [-0.3, -0.25) is 9.90 Å². The number of hydroxylamine groups is 2. The third-order valence-electron chi connectivity index (χ3n) is 4.55. The van der Waals surface area contributed by atoms with Crippen molar-refractivity contribution in [2.75, 3.05) is 11.9 Å². The Morgan fingerprint density at radius 3 is 2.59 bits per heavy atom. The van der Waals surface area contributed by atoms with E-state index < -0.39 is 0 Å². The number of aromatic nitrogens is 1. The molecule has 2 heterocycles. The van der Waals surface area contributed by atoms with Crippen LogP contribution in [-0.4, -0.2) is 16.6 Å². The first-order valence-corrected chi connectivity index (χ1v) is 9.18. The summed E-state index contributed by atoms with van der Waals surface area (Å²) in [6, 6.07) is 22.8. The Kier molecular flexibility index (Phi) is 5.17. The average molecular weight is 357 g/mol. The molecule has 0 radical (unpaired) electrons. The van der Waals surface area contributed by atoms with E-state index in [1.165, 1.54) is 11.1 Å². The van der Waals surface area contributed by atoms with Gasteiger partial charge in [0.25, 0.3) is 0 Å². The van der Waals surface area contributed by atoms with Gasteiger partial charge in [0, 0.05) is 6.54 Å². The number of rotatable bonds is 6. The van der Waals surface area contributed by atoms with Crippen molar-refractivity contribution in [3.63, 3.8) is 0 Å². The van der Waals surface area contributed by atoms with E-state index in [2.05, 4.69) is 60.8 Å². The Morgan fingerprint density at radius 2 is 1.78 bits per heavy atom. The van der Waals surface area contributed by atoms with Gasteiger partial charge in [-0.2, -0.15) is 0 Å². The van der Waals surface area contributed by atoms with Crippen molar-refractivity contribution < 1.29 is 4.84 Å². The number of hydrogen-bond donors (Lipinski definition) is 1. The highest BCUT2D eigenvalue weighted by Gasteiger charge is 2.06. The summed E-state index contributed by atoms with van der Waals surface area (Å²) in [6.45, 7) is 4.12. The molecule has 1 aliphatic rings. The third kappa shape index (κ3) is 4.54. The van der Waals surface area contributed by atoms with E-state index >= 15 is 0 Å². The van der Waals surface area contributed by atoms with E-state index in [0.717, 1.165) is 35.0 Å². The molecule has 1 N–H and O–H groups in total. The quantitative estimate of drug-likeness (QED) is 0.736. The summed E-state index contributed by atoms with van der Waals surface area (Å²) in [5, 5.41) is 7.29. The number of aryl methyl sites for hydroxylation is 1. The van der Waals surface area contributed by atoms with E-state index in [1.54, 1.807) is 0 Å². The van der Waals surface area contributed by atoms with Crippen LogP contribution in [0.5, 0.6) is 0 Å². The average Bonchev–Trinajstić information content (AvgIpc) is 2.72. The van der Waals surface area contributed by atoms with Gasteiger partial charge >= 0.3 is 0 Å². The minimum absolute atomic E-state index is 0.547. The molecule has 0 amide bonds. The van der Waals surface area contributed by atoms with Gasteiger partial charge in [-0.15, -0.1) is 0 Å². The number of anilines is 1. The number of nitrogens with zero attached hydrogens (tertiary/aromatic N) is 2. The van der Waals surface area contributed by atoms with Crippen LogP contribution in [0.25, 0.3) is 12.3 Å². The molecule has 1 aliphatic heterocycles. The summed E-state index contributed by atoms with van der Waals surface area (Å²) in [7, 11) is 0. The number of benzene rings is 2. The summed E-state index contributed by atoms with van der Waals surface area (Å²) >= 11 is 0. The molecule has 1 aromatic heterocycles. The Labute approximate surface area is 159 Å². The second-order valence-electron chi connectivity index (χ2n) is 6.70. The molecule has 0 atom stereocenters. The van der Waals surface area contributed by atoms with Crippen LogP contribution in [0.3, 0.4) is 0 Å². The summed E-state index contributed by atoms with van der Waals surface area (Å²) in [5.41, 5.74) is 3.66. The zero-order valence-electron chi connectivity index (χ0n) is 15.4. The lowest BCUT2D eigenvalue weighted by Gasteiger charge is -2.20. The Hall–Kier alpha value is -3.11. The highest BCUT2D eigenvalue weighted by atomic mass is 16.7. The molecule has 0 bridgehead atoms. The topological polar surface area (TPSA) is 37.4 Å². The summed E-state index contributed by atoms with van der Waals surface area (Å²) in [4.78, 5) is 10.6. The molecular formula is C23H23N3O. The Bertz CT molecular complexity index is 1010. The first kappa shape index (κ1) is 17.3. The van der Waals surface area contributed by atoms with Crippen LogP contribution in [0.2, 0.25) is 0 Å².